The van der Waals surface area contributed by atoms with Crippen molar-refractivity contribution < 1.29 is 4.79 Å². The van der Waals surface area contributed by atoms with Gasteiger partial charge in [0.05, 0.1) is 22.5 Å². The first-order valence-electron chi connectivity index (χ1n) is 7.44. The fourth-order valence-corrected chi connectivity index (χ4v) is 3.10. The number of nitrogens with one attached hydrogen (secondary N) is 1. The van der Waals surface area contributed by atoms with Crippen LogP contribution in [0.5, 0.6) is 0 Å². The zero-order valence-electron chi connectivity index (χ0n) is 13.6. The molecule has 0 atom stereocenters. The number of fused-ring (bicyclic) bond motifs is 1. The Kier molecular flexibility index (Phi) is 4.92. The van der Waals surface area contributed by atoms with E-state index in [1.54, 1.807) is 25.1 Å². The Labute approximate surface area is 152 Å². The van der Waals surface area contributed by atoms with Gasteiger partial charge in [-0.2, -0.15) is 10.5 Å². The Morgan fingerprint density at radius 1 is 1.27 bits per heavy atom. The number of hydrogen-bond donors (Lipinski definition) is 1. The molecule has 8 nitrogen and oxygen atoms in total. The first-order chi connectivity index (χ1) is 12.6. The van der Waals surface area contributed by atoms with Crippen LogP contribution in [-0.4, -0.2) is 26.6 Å². The second-order valence-corrected chi connectivity index (χ2v) is 6.18. The molecule has 0 aliphatic carbocycles. The lowest BCUT2D eigenvalue weighted by Gasteiger charge is -2.02. The van der Waals surface area contributed by atoms with Crippen LogP contribution in [0.25, 0.3) is 10.2 Å². The second-order valence-electron chi connectivity index (χ2n) is 5.15. The third-order valence-corrected chi connectivity index (χ3v) is 4.33. The average Bonchev–Trinajstić information content (AvgIpc) is 3.04. The molecule has 0 saturated heterocycles. The number of aliphatic imine (C=N–C) groups is 1. The van der Waals surface area contributed by atoms with Crippen LogP contribution in [-0.2, 0) is 6.54 Å². The monoisotopic (exact) mass is 361 g/mol. The maximum atomic E-state index is 12.3. The van der Waals surface area contributed by atoms with Gasteiger partial charge in [0.15, 0.2) is 5.13 Å². The van der Waals surface area contributed by atoms with Crippen molar-refractivity contribution in [1.82, 2.24) is 15.0 Å². The predicted octanol–water partition coefficient (Wildman–Crippen LogP) is 2.64. The number of aromatic nitrogens is 3. The summed E-state index contributed by atoms with van der Waals surface area (Å²) in [5, 5.41) is 20.6. The number of carbonyl (C=O) groups is 1. The van der Waals surface area contributed by atoms with Crippen LogP contribution in [0.15, 0.2) is 35.6 Å². The van der Waals surface area contributed by atoms with Crippen LogP contribution >= 0.6 is 11.3 Å². The number of aryl methyl sites for hydroxylation is 1. The molecular formula is C17H11N7OS. The number of thiazole rings is 1. The summed E-state index contributed by atoms with van der Waals surface area (Å²) in [4.78, 5) is 28.7. The second kappa shape index (κ2) is 7.47. The molecule has 0 fully saturated rings. The van der Waals surface area contributed by atoms with Gasteiger partial charge in [-0.3, -0.25) is 20.1 Å². The Morgan fingerprint density at radius 2 is 2.04 bits per heavy atom. The lowest BCUT2D eigenvalue weighted by molar-refractivity contribution is 0.102. The molecule has 3 rings (SSSR count). The van der Waals surface area contributed by atoms with E-state index in [0.717, 1.165) is 15.8 Å². The van der Waals surface area contributed by atoms with Crippen molar-refractivity contribution in [2.45, 2.75) is 13.5 Å². The minimum atomic E-state index is -0.368. The average molecular weight is 361 g/mol. The Balaban J connectivity index is 1.81. The number of anilines is 1. The van der Waals surface area contributed by atoms with E-state index in [-0.39, 0.29) is 23.9 Å². The van der Waals surface area contributed by atoms with Crippen molar-refractivity contribution in [2.75, 3.05) is 5.32 Å². The van der Waals surface area contributed by atoms with Gasteiger partial charge in [0.1, 0.15) is 17.8 Å². The molecule has 0 aliphatic heterocycles. The van der Waals surface area contributed by atoms with Gasteiger partial charge in [-0.25, -0.2) is 9.97 Å². The van der Waals surface area contributed by atoms with Crippen molar-refractivity contribution in [2.24, 2.45) is 4.99 Å². The molecule has 1 aromatic carbocycles. The summed E-state index contributed by atoms with van der Waals surface area (Å²) >= 11 is 1.32. The molecular weight excluding hydrogens is 350 g/mol. The Morgan fingerprint density at radius 3 is 2.77 bits per heavy atom. The fraction of sp³-hybridized carbons (Fsp3) is 0.118. The highest BCUT2D eigenvalue weighted by molar-refractivity contribution is 7.22. The first-order valence-corrected chi connectivity index (χ1v) is 8.25. The van der Waals surface area contributed by atoms with E-state index in [1.165, 1.54) is 23.7 Å². The summed E-state index contributed by atoms with van der Waals surface area (Å²) in [5.74, 6) is -0.368. The molecule has 0 saturated carbocycles. The van der Waals surface area contributed by atoms with Crippen molar-refractivity contribution in [3.8, 4) is 12.1 Å². The van der Waals surface area contributed by atoms with Crippen LogP contribution < -0.4 is 5.32 Å². The Bertz CT molecular complexity index is 1090. The number of amides is 1. The van der Waals surface area contributed by atoms with Gasteiger partial charge in [0.2, 0.25) is 5.71 Å². The van der Waals surface area contributed by atoms with Gasteiger partial charge in [0.25, 0.3) is 5.91 Å². The van der Waals surface area contributed by atoms with Crippen LogP contribution in [0.2, 0.25) is 0 Å². The highest BCUT2D eigenvalue weighted by atomic mass is 32.1. The van der Waals surface area contributed by atoms with Gasteiger partial charge < -0.3 is 0 Å². The normalized spacial score (nSPS) is 9.96. The van der Waals surface area contributed by atoms with Gasteiger partial charge >= 0.3 is 0 Å². The molecule has 126 valence electrons. The summed E-state index contributed by atoms with van der Waals surface area (Å²) in [5.41, 5.74) is 2.20. The van der Waals surface area contributed by atoms with Crippen molar-refractivity contribution >= 4 is 38.3 Å². The molecule has 1 N–H and O–H groups in total. The number of nitrogens with zero attached hydrogens (tertiary/aromatic N) is 6. The van der Waals surface area contributed by atoms with Crippen LogP contribution in [0.1, 0.15) is 21.7 Å². The maximum Gasteiger partial charge on any atom is 0.277 e. The largest absolute Gasteiger partial charge is 0.296 e. The number of hydrogen-bond acceptors (Lipinski definition) is 8. The summed E-state index contributed by atoms with van der Waals surface area (Å²) in [6, 6.07) is 8.94. The summed E-state index contributed by atoms with van der Waals surface area (Å²) in [6.07, 6.45) is 2.99. The molecule has 0 aliphatic rings. The molecule has 1 amide bonds. The van der Waals surface area contributed by atoms with E-state index in [1.807, 2.05) is 12.1 Å². The molecule has 2 heterocycles. The minimum absolute atomic E-state index is 0.165. The number of benzene rings is 1. The molecule has 0 radical (unpaired) electrons. The quantitative estimate of drug-likeness (QED) is 0.711. The summed E-state index contributed by atoms with van der Waals surface area (Å²) in [6.45, 7) is 1.94. The number of nitriles is 2. The minimum Gasteiger partial charge on any atom is -0.296 e. The standard InChI is InChI=1S/C17H11N7OS/c1-10-15(21-5-4-20-10)16(25)24-17-23-13-3-2-11(6-14(13)26-17)9-22-12(7-18)8-19/h2-6H,9H2,1H3,(H,23,24,25). The van der Waals surface area contributed by atoms with E-state index in [4.69, 9.17) is 10.5 Å². The topological polar surface area (TPSA) is 128 Å². The smallest absolute Gasteiger partial charge is 0.277 e. The number of rotatable bonds is 4. The lowest BCUT2D eigenvalue weighted by atomic mass is 10.2. The van der Waals surface area contributed by atoms with Crippen LogP contribution in [0.3, 0.4) is 0 Å². The highest BCUT2D eigenvalue weighted by Crippen LogP contribution is 2.27. The lowest BCUT2D eigenvalue weighted by Crippen LogP contribution is -2.15. The SMILES string of the molecule is Cc1nccnc1C(=O)Nc1nc2ccc(CN=C(C#N)C#N)cc2s1. The third-order valence-electron chi connectivity index (χ3n) is 3.40. The molecule has 3 aromatic rings. The molecule has 9 heteroatoms. The molecule has 0 bridgehead atoms. The zero-order valence-corrected chi connectivity index (χ0v) is 14.4. The van der Waals surface area contributed by atoms with Gasteiger partial charge in [0, 0.05) is 12.4 Å². The molecule has 0 spiro atoms. The maximum absolute atomic E-state index is 12.3. The van der Waals surface area contributed by atoms with Crippen molar-refractivity contribution in [1.29, 1.82) is 10.5 Å². The highest BCUT2D eigenvalue weighted by Gasteiger charge is 2.14. The van der Waals surface area contributed by atoms with E-state index in [9.17, 15) is 4.79 Å². The molecule has 2 aromatic heterocycles. The van der Waals surface area contributed by atoms with Crippen LogP contribution in [0, 0.1) is 29.6 Å². The molecule has 0 unspecified atom stereocenters. The van der Waals surface area contributed by atoms with Gasteiger partial charge in [-0.05, 0) is 24.6 Å². The van der Waals surface area contributed by atoms with Crippen molar-refractivity contribution in [3.05, 3.63) is 47.5 Å². The van der Waals surface area contributed by atoms with E-state index in [2.05, 4.69) is 25.3 Å². The zero-order chi connectivity index (χ0) is 18.5. The van der Waals surface area contributed by atoms with Gasteiger partial charge in [-0.1, -0.05) is 17.4 Å². The predicted molar refractivity (Wildman–Crippen MR) is 96.7 cm³/mol. The summed E-state index contributed by atoms with van der Waals surface area (Å²) < 4.78 is 0.860. The summed E-state index contributed by atoms with van der Waals surface area (Å²) in [7, 11) is 0. The van der Waals surface area contributed by atoms with E-state index >= 15 is 0 Å². The van der Waals surface area contributed by atoms with Crippen LogP contribution in [0.4, 0.5) is 5.13 Å². The number of carbonyl (C=O) groups excluding carboxylic acids is 1. The van der Waals surface area contributed by atoms with E-state index < -0.39 is 0 Å². The first kappa shape index (κ1) is 17.1. The third kappa shape index (κ3) is 3.69. The van der Waals surface area contributed by atoms with Crippen molar-refractivity contribution in [3.63, 3.8) is 0 Å². The fourth-order valence-electron chi connectivity index (χ4n) is 2.17. The Hall–Kier alpha value is -3.69. The molecule has 26 heavy (non-hydrogen) atoms. The van der Waals surface area contributed by atoms with Gasteiger partial charge in [-0.15, -0.1) is 0 Å². The van der Waals surface area contributed by atoms with E-state index in [0.29, 0.717) is 10.8 Å².